The van der Waals surface area contributed by atoms with Crippen molar-refractivity contribution in [3.8, 4) is 0 Å². The number of nitrogens with one attached hydrogen (secondary N) is 1. The van der Waals surface area contributed by atoms with Gasteiger partial charge < -0.3 is 5.32 Å². The molecule has 0 radical (unpaired) electrons. The van der Waals surface area contributed by atoms with E-state index in [1.807, 2.05) is 0 Å². The maximum atomic E-state index is 4.02. The summed E-state index contributed by atoms with van der Waals surface area (Å²) >= 11 is 0. The number of nitrogens with zero attached hydrogens (tertiary/aromatic N) is 1. The molecule has 0 aromatic heterocycles. The quantitative estimate of drug-likeness (QED) is 0.612. The van der Waals surface area contributed by atoms with Crippen LogP contribution in [0.25, 0.3) is 0 Å². The molecule has 0 spiro atoms. The van der Waals surface area contributed by atoms with Crippen LogP contribution in [0.4, 0.5) is 0 Å². The SMILES string of the molecule is CC(CCC(C)(C)NC1CCC(C(C)(C)C)CC1)C1CN(C(C)(C)C)C1. The van der Waals surface area contributed by atoms with Crippen LogP contribution in [0, 0.1) is 23.2 Å². The van der Waals surface area contributed by atoms with Crippen LogP contribution < -0.4 is 5.32 Å². The highest BCUT2D eigenvalue weighted by Crippen LogP contribution is 2.38. The molecule has 154 valence electrons. The Morgan fingerprint density at radius 3 is 1.88 bits per heavy atom. The Balaban J connectivity index is 1.69. The lowest BCUT2D eigenvalue weighted by Crippen LogP contribution is -2.57. The van der Waals surface area contributed by atoms with Crippen molar-refractivity contribution in [2.45, 2.75) is 118 Å². The standard InChI is InChI=1S/C24H48N2/c1-18(19-16-26(17-19)23(5,6)7)14-15-24(8,9)25-21-12-10-20(11-13-21)22(2,3)4/h18-21,25H,10-17H2,1-9H3. The van der Waals surface area contributed by atoms with Crippen LogP contribution in [-0.4, -0.2) is 35.1 Å². The molecule has 1 saturated heterocycles. The Morgan fingerprint density at radius 2 is 1.42 bits per heavy atom. The summed E-state index contributed by atoms with van der Waals surface area (Å²) in [7, 11) is 0. The van der Waals surface area contributed by atoms with Crippen LogP contribution in [0.2, 0.25) is 0 Å². The van der Waals surface area contributed by atoms with E-state index in [1.54, 1.807) is 0 Å². The molecule has 1 atom stereocenters. The number of hydrogen-bond donors (Lipinski definition) is 1. The Kier molecular flexibility index (Phi) is 6.93. The first-order valence-corrected chi connectivity index (χ1v) is 11.3. The fraction of sp³-hybridized carbons (Fsp3) is 1.00. The molecule has 1 heterocycles. The highest BCUT2D eigenvalue weighted by Gasteiger charge is 2.37. The first kappa shape index (κ1) is 22.2. The fourth-order valence-electron chi connectivity index (χ4n) is 4.97. The molecular weight excluding hydrogens is 316 g/mol. The van der Waals surface area contributed by atoms with Gasteiger partial charge in [-0.25, -0.2) is 0 Å². The van der Waals surface area contributed by atoms with Gasteiger partial charge in [0.1, 0.15) is 0 Å². The minimum Gasteiger partial charge on any atom is -0.309 e. The number of hydrogen-bond acceptors (Lipinski definition) is 2. The van der Waals surface area contributed by atoms with E-state index in [1.165, 1.54) is 51.6 Å². The summed E-state index contributed by atoms with van der Waals surface area (Å²) in [6.07, 6.45) is 8.20. The summed E-state index contributed by atoms with van der Waals surface area (Å²) in [5.74, 6) is 2.67. The Bertz CT molecular complexity index is 426. The molecule has 0 aromatic carbocycles. The van der Waals surface area contributed by atoms with Crippen molar-refractivity contribution < 1.29 is 0 Å². The molecule has 1 aliphatic carbocycles. The first-order chi connectivity index (χ1) is 11.8. The second-order valence-electron chi connectivity index (χ2n) is 12.3. The lowest BCUT2D eigenvalue weighted by atomic mass is 9.71. The second kappa shape index (κ2) is 8.11. The molecule has 1 N–H and O–H groups in total. The third-order valence-electron chi connectivity index (χ3n) is 7.43. The molecule has 1 aliphatic heterocycles. The van der Waals surface area contributed by atoms with Crippen LogP contribution in [0.5, 0.6) is 0 Å². The molecule has 26 heavy (non-hydrogen) atoms. The maximum Gasteiger partial charge on any atom is 0.0127 e. The number of likely N-dealkylation sites (tertiary alicyclic amines) is 1. The van der Waals surface area contributed by atoms with Crippen LogP contribution in [0.3, 0.4) is 0 Å². The van der Waals surface area contributed by atoms with Gasteiger partial charge in [0.05, 0.1) is 0 Å². The molecule has 1 unspecified atom stereocenters. The minimum absolute atomic E-state index is 0.279. The van der Waals surface area contributed by atoms with Gasteiger partial charge in [-0.05, 0) is 96.3 Å². The van der Waals surface area contributed by atoms with Gasteiger partial charge in [0.2, 0.25) is 0 Å². The third-order valence-corrected chi connectivity index (χ3v) is 7.43. The van der Waals surface area contributed by atoms with Gasteiger partial charge in [-0.3, -0.25) is 4.90 Å². The molecule has 2 fully saturated rings. The molecule has 2 rings (SSSR count). The van der Waals surface area contributed by atoms with Gasteiger partial charge in [0.25, 0.3) is 0 Å². The van der Waals surface area contributed by atoms with E-state index in [4.69, 9.17) is 0 Å². The van der Waals surface area contributed by atoms with Crippen LogP contribution in [0.15, 0.2) is 0 Å². The van der Waals surface area contributed by atoms with Crippen LogP contribution in [-0.2, 0) is 0 Å². The van der Waals surface area contributed by atoms with E-state index < -0.39 is 0 Å². The lowest BCUT2D eigenvalue weighted by molar-refractivity contribution is -0.0127. The van der Waals surface area contributed by atoms with E-state index in [-0.39, 0.29) is 5.54 Å². The fourth-order valence-corrected chi connectivity index (χ4v) is 4.97. The highest BCUT2D eigenvalue weighted by molar-refractivity contribution is 4.92. The Hall–Kier alpha value is -0.0800. The van der Waals surface area contributed by atoms with Gasteiger partial charge in [-0.15, -0.1) is 0 Å². The van der Waals surface area contributed by atoms with E-state index in [0.29, 0.717) is 11.0 Å². The van der Waals surface area contributed by atoms with Gasteiger partial charge in [-0.1, -0.05) is 27.7 Å². The molecule has 0 bridgehead atoms. The summed E-state index contributed by atoms with van der Waals surface area (Å²) in [6, 6.07) is 0.735. The molecule has 1 saturated carbocycles. The average Bonchev–Trinajstić information content (AvgIpc) is 2.41. The zero-order valence-electron chi connectivity index (χ0n) is 19.4. The Labute approximate surface area is 164 Å². The zero-order valence-corrected chi connectivity index (χ0v) is 19.4. The molecule has 2 nitrogen and oxygen atoms in total. The van der Waals surface area contributed by atoms with Crippen molar-refractivity contribution in [1.82, 2.24) is 10.2 Å². The average molecular weight is 365 g/mol. The number of rotatable bonds is 6. The topological polar surface area (TPSA) is 15.3 Å². The van der Waals surface area contributed by atoms with Gasteiger partial charge in [-0.2, -0.15) is 0 Å². The largest absolute Gasteiger partial charge is 0.309 e. The van der Waals surface area contributed by atoms with Gasteiger partial charge in [0.15, 0.2) is 0 Å². The summed E-state index contributed by atoms with van der Waals surface area (Å²) < 4.78 is 0. The maximum absolute atomic E-state index is 4.02. The van der Waals surface area contributed by atoms with Crippen LogP contribution in [0.1, 0.15) is 101 Å². The van der Waals surface area contributed by atoms with Crippen molar-refractivity contribution in [3.63, 3.8) is 0 Å². The highest BCUT2D eigenvalue weighted by atomic mass is 15.2. The molecule has 0 aromatic rings. The Morgan fingerprint density at radius 1 is 0.885 bits per heavy atom. The monoisotopic (exact) mass is 364 g/mol. The van der Waals surface area contributed by atoms with Crippen LogP contribution >= 0.6 is 0 Å². The minimum atomic E-state index is 0.279. The molecule has 2 heteroatoms. The first-order valence-electron chi connectivity index (χ1n) is 11.3. The zero-order chi connectivity index (χ0) is 19.8. The van der Waals surface area contributed by atoms with E-state index in [0.717, 1.165) is 23.8 Å². The van der Waals surface area contributed by atoms with Crippen molar-refractivity contribution >= 4 is 0 Å². The van der Waals surface area contributed by atoms with Gasteiger partial charge in [0, 0.05) is 30.2 Å². The summed E-state index contributed by atoms with van der Waals surface area (Å²) in [6.45, 7) is 24.2. The normalized spacial score (nSPS) is 28.0. The lowest BCUT2D eigenvalue weighted by Gasteiger charge is -2.50. The molecule has 0 amide bonds. The van der Waals surface area contributed by atoms with Crippen molar-refractivity contribution in [2.24, 2.45) is 23.2 Å². The third kappa shape index (κ3) is 6.23. The van der Waals surface area contributed by atoms with E-state index in [9.17, 15) is 0 Å². The van der Waals surface area contributed by atoms with E-state index in [2.05, 4.69) is 72.5 Å². The predicted molar refractivity (Wildman–Crippen MR) is 116 cm³/mol. The van der Waals surface area contributed by atoms with Gasteiger partial charge >= 0.3 is 0 Å². The predicted octanol–water partition coefficient (Wildman–Crippen LogP) is 6.11. The smallest absolute Gasteiger partial charge is 0.0127 e. The summed E-state index contributed by atoms with van der Waals surface area (Å²) in [4.78, 5) is 2.63. The molecule has 2 aliphatic rings. The van der Waals surface area contributed by atoms with E-state index >= 15 is 0 Å². The van der Waals surface area contributed by atoms with Crippen molar-refractivity contribution in [2.75, 3.05) is 13.1 Å². The summed E-state index contributed by atoms with van der Waals surface area (Å²) in [5.41, 5.74) is 1.11. The molecular formula is C24H48N2. The summed E-state index contributed by atoms with van der Waals surface area (Å²) in [5, 5.41) is 4.02. The van der Waals surface area contributed by atoms with Crippen molar-refractivity contribution in [3.05, 3.63) is 0 Å². The van der Waals surface area contributed by atoms with Crippen molar-refractivity contribution in [1.29, 1.82) is 0 Å². The second-order valence-corrected chi connectivity index (χ2v) is 12.3.